The molecule has 0 saturated carbocycles. The van der Waals surface area contributed by atoms with Gasteiger partial charge in [-0.3, -0.25) is 0 Å². The third-order valence-electron chi connectivity index (χ3n) is 3.19. The fraction of sp³-hybridized carbons (Fsp3) is 0.462. The van der Waals surface area contributed by atoms with Crippen molar-refractivity contribution in [1.29, 1.82) is 0 Å². The lowest BCUT2D eigenvalue weighted by Gasteiger charge is -2.30. The monoisotopic (exact) mass is 337 g/mol. The van der Waals surface area contributed by atoms with E-state index < -0.39 is 0 Å². The minimum absolute atomic E-state index is 0. The number of urea groups is 1. The van der Waals surface area contributed by atoms with Gasteiger partial charge in [-0.15, -0.1) is 12.4 Å². The molecule has 1 aromatic rings. The van der Waals surface area contributed by atoms with Crippen LogP contribution in [0.5, 0.6) is 0 Å². The van der Waals surface area contributed by atoms with Crippen LogP contribution in [-0.2, 0) is 6.54 Å². The minimum atomic E-state index is -0.0961. The highest BCUT2D eigenvalue weighted by Gasteiger charge is 2.20. The summed E-state index contributed by atoms with van der Waals surface area (Å²) in [4.78, 5) is 13.7. The zero-order chi connectivity index (χ0) is 13.8. The van der Waals surface area contributed by atoms with E-state index in [2.05, 4.69) is 5.32 Å². The van der Waals surface area contributed by atoms with Gasteiger partial charge in [-0.05, 0) is 30.5 Å². The van der Waals surface area contributed by atoms with Gasteiger partial charge in [0, 0.05) is 35.7 Å². The van der Waals surface area contributed by atoms with Gasteiger partial charge in [-0.2, -0.15) is 0 Å². The Balaban J connectivity index is 0.00000200. The molecule has 1 aliphatic rings. The molecule has 1 heterocycles. The molecule has 3 N–H and O–H groups in total. The van der Waals surface area contributed by atoms with Crippen molar-refractivity contribution >= 4 is 41.6 Å². The van der Waals surface area contributed by atoms with E-state index in [4.69, 9.17) is 28.9 Å². The maximum atomic E-state index is 12.0. The number of benzene rings is 1. The Morgan fingerprint density at radius 3 is 2.85 bits per heavy atom. The third-order valence-corrected chi connectivity index (χ3v) is 3.78. The first-order chi connectivity index (χ1) is 9.06. The maximum absolute atomic E-state index is 12.0. The van der Waals surface area contributed by atoms with Gasteiger partial charge >= 0.3 is 6.03 Å². The van der Waals surface area contributed by atoms with Gasteiger partial charge in [0.25, 0.3) is 0 Å². The largest absolute Gasteiger partial charge is 0.334 e. The molecule has 1 aromatic carbocycles. The van der Waals surface area contributed by atoms with Crippen LogP contribution < -0.4 is 11.1 Å². The first-order valence-electron chi connectivity index (χ1n) is 6.28. The predicted octanol–water partition coefficient (Wildman–Crippen LogP) is 3.05. The van der Waals surface area contributed by atoms with E-state index in [-0.39, 0.29) is 24.5 Å². The number of rotatable bonds is 2. The van der Waals surface area contributed by atoms with Crippen LogP contribution in [0.2, 0.25) is 10.0 Å². The summed E-state index contributed by atoms with van der Waals surface area (Å²) in [7, 11) is 0. The van der Waals surface area contributed by atoms with Crippen LogP contribution in [0.15, 0.2) is 18.2 Å². The summed E-state index contributed by atoms with van der Waals surface area (Å²) in [5, 5.41) is 4.00. The minimum Gasteiger partial charge on any atom is -0.334 e. The first kappa shape index (κ1) is 17.4. The number of nitrogens with one attached hydrogen (secondary N) is 1. The number of hydrogen-bond donors (Lipinski definition) is 2. The molecule has 0 bridgehead atoms. The molecule has 0 radical (unpaired) electrons. The molecular weight excluding hydrogens is 321 g/mol. The number of likely N-dealkylation sites (tertiary alicyclic amines) is 1. The molecule has 0 aromatic heterocycles. The molecule has 1 fully saturated rings. The smallest absolute Gasteiger partial charge is 0.317 e. The maximum Gasteiger partial charge on any atom is 0.317 e. The van der Waals surface area contributed by atoms with Gasteiger partial charge in [0.1, 0.15) is 0 Å². The Labute approximate surface area is 135 Å². The zero-order valence-electron chi connectivity index (χ0n) is 10.9. The van der Waals surface area contributed by atoms with Gasteiger partial charge in [-0.25, -0.2) is 4.79 Å². The molecule has 2 rings (SSSR count). The summed E-state index contributed by atoms with van der Waals surface area (Å²) in [6.45, 7) is 1.76. The van der Waals surface area contributed by atoms with Crippen LogP contribution >= 0.6 is 35.6 Å². The Hall–Kier alpha value is -0.680. The van der Waals surface area contributed by atoms with Crippen molar-refractivity contribution in [2.45, 2.75) is 25.4 Å². The van der Waals surface area contributed by atoms with Crippen molar-refractivity contribution in [2.75, 3.05) is 13.1 Å². The average molecular weight is 339 g/mol. The molecule has 7 heteroatoms. The quantitative estimate of drug-likeness (QED) is 0.870. The van der Waals surface area contributed by atoms with Crippen molar-refractivity contribution in [3.63, 3.8) is 0 Å². The van der Waals surface area contributed by atoms with Crippen LogP contribution in [0.1, 0.15) is 18.4 Å². The molecule has 112 valence electrons. The van der Waals surface area contributed by atoms with Crippen molar-refractivity contribution < 1.29 is 4.79 Å². The SMILES string of the molecule is Cl.NC1CCCN(C(=O)NCc2ccc(Cl)cc2Cl)C1. The van der Waals surface area contributed by atoms with E-state index in [1.54, 1.807) is 17.0 Å². The van der Waals surface area contributed by atoms with E-state index in [0.717, 1.165) is 24.9 Å². The van der Waals surface area contributed by atoms with Crippen molar-refractivity contribution in [3.05, 3.63) is 33.8 Å². The molecule has 1 saturated heterocycles. The highest BCUT2D eigenvalue weighted by molar-refractivity contribution is 6.35. The van der Waals surface area contributed by atoms with Crippen LogP contribution in [0.3, 0.4) is 0 Å². The summed E-state index contributed by atoms with van der Waals surface area (Å²) >= 11 is 11.9. The van der Waals surface area contributed by atoms with Crippen molar-refractivity contribution in [1.82, 2.24) is 10.2 Å². The summed E-state index contributed by atoms with van der Waals surface area (Å²) < 4.78 is 0. The zero-order valence-corrected chi connectivity index (χ0v) is 13.3. The second-order valence-corrected chi connectivity index (χ2v) is 5.59. The Kier molecular flexibility index (Phi) is 6.89. The number of nitrogens with two attached hydrogens (primary N) is 1. The van der Waals surface area contributed by atoms with E-state index in [0.29, 0.717) is 23.1 Å². The number of piperidine rings is 1. The molecule has 1 aliphatic heterocycles. The molecule has 4 nitrogen and oxygen atoms in total. The van der Waals surface area contributed by atoms with Crippen LogP contribution in [0, 0.1) is 0 Å². The number of hydrogen-bond acceptors (Lipinski definition) is 2. The van der Waals surface area contributed by atoms with E-state index in [1.807, 2.05) is 6.07 Å². The summed E-state index contributed by atoms with van der Waals surface area (Å²) in [5.74, 6) is 0. The summed E-state index contributed by atoms with van der Waals surface area (Å²) in [5.41, 5.74) is 6.70. The third kappa shape index (κ3) is 4.70. The highest BCUT2D eigenvalue weighted by atomic mass is 35.5. The number of amides is 2. The highest BCUT2D eigenvalue weighted by Crippen LogP contribution is 2.20. The van der Waals surface area contributed by atoms with Gasteiger partial charge in [0.15, 0.2) is 0 Å². The Morgan fingerprint density at radius 2 is 2.20 bits per heavy atom. The number of carbonyl (C=O) groups excluding carboxylic acids is 1. The standard InChI is InChI=1S/C13H17Cl2N3O.ClH/c14-10-4-3-9(12(15)6-10)7-17-13(19)18-5-1-2-11(16)8-18;/h3-4,6,11H,1-2,5,7-8,16H2,(H,17,19);1H. The van der Waals surface area contributed by atoms with Crippen LogP contribution in [0.4, 0.5) is 4.79 Å². The Bertz CT molecular complexity index is 470. The van der Waals surface area contributed by atoms with Crippen molar-refractivity contribution in [3.8, 4) is 0 Å². The van der Waals surface area contributed by atoms with Crippen LogP contribution in [0.25, 0.3) is 0 Å². The summed E-state index contributed by atoms with van der Waals surface area (Å²) in [6.07, 6.45) is 1.93. The van der Waals surface area contributed by atoms with Gasteiger partial charge in [0.2, 0.25) is 0 Å². The molecule has 0 aliphatic carbocycles. The first-order valence-corrected chi connectivity index (χ1v) is 7.04. The van der Waals surface area contributed by atoms with Gasteiger partial charge < -0.3 is 16.0 Å². The fourth-order valence-electron chi connectivity index (χ4n) is 2.14. The lowest BCUT2D eigenvalue weighted by atomic mass is 10.1. The van der Waals surface area contributed by atoms with Crippen LogP contribution in [-0.4, -0.2) is 30.1 Å². The second-order valence-electron chi connectivity index (χ2n) is 4.74. The number of nitrogens with zero attached hydrogens (tertiary/aromatic N) is 1. The lowest BCUT2D eigenvalue weighted by Crippen LogP contribution is -2.49. The molecule has 2 amide bonds. The topological polar surface area (TPSA) is 58.4 Å². The van der Waals surface area contributed by atoms with E-state index in [9.17, 15) is 4.79 Å². The Morgan fingerprint density at radius 1 is 1.45 bits per heavy atom. The molecule has 1 atom stereocenters. The van der Waals surface area contributed by atoms with Gasteiger partial charge in [0.05, 0.1) is 0 Å². The lowest BCUT2D eigenvalue weighted by molar-refractivity contribution is 0.179. The predicted molar refractivity (Wildman–Crippen MR) is 84.7 cm³/mol. The molecular formula is C13H18Cl3N3O. The van der Waals surface area contributed by atoms with Crippen molar-refractivity contribution in [2.24, 2.45) is 5.73 Å². The van der Waals surface area contributed by atoms with Gasteiger partial charge in [-0.1, -0.05) is 29.3 Å². The summed E-state index contributed by atoms with van der Waals surface area (Å²) in [6, 6.07) is 5.22. The molecule has 20 heavy (non-hydrogen) atoms. The number of halogens is 3. The molecule has 0 spiro atoms. The number of carbonyl (C=O) groups is 1. The van der Waals surface area contributed by atoms with E-state index in [1.165, 1.54) is 0 Å². The second kappa shape index (κ2) is 7.93. The average Bonchev–Trinajstić information content (AvgIpc) is 2.37. The fourth-order valence-corrected chi connectivity index (χ4v) is 2.62. The normalized spacial score (nSPS) is 18.4. The molecule has 1 unspecified atom stereocenters. The van der Waals surface area contributed by atoms with E-state index >= 15 is 0 Å².